The minimum atomic E-state index is -0.756. The molecule has 6 aliphatic carbocycles. The van der Waals surface area contributed by atoms with Crippen LogP contribution in [0.4, 0.5) is 0 Å². The number of ether oxygens (including phenoxy) is 1. The molecule has 1 aliphatic heterocycles. The predicted octanol–water partition coefficient (Wildman–Crippen LogP) is 6.74. The molecule has 1 saturated heterocycles. The number of nitrogens with zero attached hydrogens (tertiary/aromatic N) is 1. The van der Waals surface area contributed by atoms with Crippen molar-refractivity contribution in [3.05, 3.63) is 53.6 Å². The number of Topliss-reactive ketones (excluding diaryl/α,β-unsaturated/α-hetero) is 1. The second-order valence-electron chi connectivity index (χ2n) is 15.4. The van der Waals surface area contributed by atoms with E-state index in [-0.39, 0.29) is 34.1 Å². The van der Waals surface area contributed by atoms with Gasteiger partial charge in [-0.15, -0.1) is 0 Å². The van der Waals surface area contributed by atoms with Crippen molar-refractivity contribution in [2.45, 2.75) is 103 Å². The zero-order chi connectivity index (χ0) is 29.4. The molecule has 228 valence electrons. The molecule has 1 aromatic carbocycles. The summed E-state index contributed by atoms with van der Waals surface area (Å²) in [6.45, 7) is 7.74. The summed E-state index contributed by atoms with van der Waals surface area (Å²) in [5.41, 5.74) is -0.0998. The Labute approximate surface area is 252 Å². The van der Waals surface area contributed by atoms with Crippen LogP contribution in [0.1, 0.15) is 101 Å². The molecule has 0 radical (unpaired) electrons. The van der Waals surface area contributed by atoms with E-state index in [2.05, 4.69) is 37.0 Å². The number of hydrogen-bond acceptors (Lipinski definition) is 5. The van der Waals surface area contributed by atoms with Crippen LogP contribution in [0.5, 0.6) is 5.75 Å². The van der Waals surface area contributed by atoms with Gasteiger partial charge in [-0.2, -0.15) is 0 Å². The van der Waals surface area contributed by atoms with Crippen LogP contribution < -0.4 is 4.74 Å². The highest BCUT2D eigenvalue weighted by Crippen LogP contribution is 2.78. The van der Waals surface area contributed by atoms with Crippen molar-refractivity contribution >= 4 is 5.78 Å². The van der Waals surface area contributed by atoms with Crippen LogP contribution in [-0.4, -0.2) is 59.3 Å². The van der Waals surface area contributed by atoms with Gasteiger partial charge in [-0.25, -0.2) is 0 Å². The molecular formula is C37H51NO4. The molecule has 0 aromatic heterocycles. The van der Waals surface area contributed by atoms with Gasteiger partial charge in [0.2, 0.25) is 0 Å². The Kier molecular flexibility index (Phi) is 6.88. The standard InChI is InChI=1S/C37H51NO4/c1-33-16-13-27(39)23-35(33)19-20-37(29(24-35)32(40)26-9-11-28(42-3)12-10-26)30(33)14-17-34(2)31(37)15-18-36(34,41)25-38-21-7-5-4-6-8-22-38/h9-12,19-20,24,27,30-31,39,41H,4-8,13-18,21-23,25H2,1-3H3/t27?,30-,31-,33-,34+,35+,36-,37-/m1/s1. The van der Waals surface area contributed by atoms with Crippen LogP contribution in [0.3, 0.4) is 0 Å². The molecule has 2 bridgehead atoms. The number of hydrogen-bond donors (Lipinski definition) is 2. The van der Waals surface area contributed by atoms with E-state index in [4.69, 9.17) is 4.74 Å². The molecule has 5 nitrogen and oxygen atoms in total. The molecule has 1 heterocycles. The van der Waals surface area contributed by atoms with Crippen LogP contribution in [0, 0.1) is 33.5 Å². The molecule has 42 heavy (non-hydrogen) atoms. The maximum atomic E-state index is 14.7. The van der Waals surface area contributed by atoms with Gasteiger partial charge in [0.25, 0.3) is 0 Å². The van der Waals surface area contributed by atoms with Crippen molar-refractivity contribution in [1.29, 1.82) is 0 Å². The fourth-order valence-corrected chi connectivity index (χ4v) is 11.3. The van der Waals surface area contributed by atoms with Crippen LogP contribution in [0.25, 0.3) is 0 Å². The van der Waals surface area contributed by atoms with E-state index < -0.39 is 11.0 Å². The number of aliphatic hydroxyl groups is 2. The van der Waals surface area contributed by atoms with Crippen LogP contribution >= 0.6 is 0 Å². The Morgan fingerprint density at radius 3 is 2.26 bits per heavy atom. The zero-order valence-electron chi connectivity index (χ0n) is 26.0. The van der Waals surface area contributed by atoms with E-state index in [1.54, 1.807) is 7.11 Å². The third-order valence-electron chi connectivity index (χ3n) is 13.7. The van der Waals surface area contributed by atoms with Crippen molar-refractivity contribution in [2.75, 3.05) is 26.7 Å². The number of aliphatic hydroxyl groups excluding tert-OH is 1. The second-order valence-corrected chi connectivity index (χ2v) is 15.4. The molecule has 1 unspecified atom stereocenters. The molecule has 8 atom stereocenters. The fraction of sp³-hybridized carbons (Fsp3) is 0.703. The Balaban J connectivity index is 1.32. The molecule has 1 aromatic rings. The predicted molar refractivity (Wildman–Crippen MR) is 165 cm³/mol. The molecule has 8 rings (SSSR count). The molecule has 4 fully saturated rings. The normalized spacial score (nSPS) is 44.8. The van der Waals surface area contributed by atoms with Gasteiger partial charge in [-0.1, -0.05) is 51.3 Å². The zero-order valence-corrected chi connectivity index (χ0v) is 26.0. The molecule has 2 spiro atoms. The van der Waals surface area contributed by atoms with Crippen molar-refractivity contribution in [2.24, 2.45) is 33.5 Å². The summed E-state index contributed by atoms with van der Waals surface area (Å²) in [7, 11) is 1.65. The lowest BCUT2D eigenvalue weighted by atomic mass is 9.32. The highest BCUT2D eigenvalue weighted by Gasteiger charge is 2.74. The van der Waals surface area contributed by atoms with E-state index in [1.807, 2.05) is 24.3 Å². The van der Waals surface area contributed by atoms with E-state index in [9.17, 15) is 15.0 Å². The van der Waals surface area contributed by atoms with Gasteiger partial charge in [0.1, 0.15) is 5.75 Å². The average molecular weight is 574 g/mol. The number of ketones is 1. The van der Waals surface area contributed by atoms with Crippen LogP contribution in [0.15, 0.2) is 48.1 Å². The van der Waals surface area contributed by atoms with Gasteiger partial charge in [0.05, 0.1) is 18.8 Å². The van der Waals surface area contributed by atoms with E-state index in [1.165, 1.54) is 32.1 Å². The Hall–Kier alpha value is -1.95. The van der Waals surface area contributed by atoms with E-state index in [0.29, 0.717) is 17.9 Å². The van der Waals surface area contributed by atoms with Crippen molar-refractivity contribution in [1.82, 2.24) is 4.90 Å². The number of rotatable bonds is 5. The van der Waals surface area contributed by atoms with Crippen LogP contribution in [-0.2, 0) is 0 Å². The average Bonchev–Trinajstić information content (AvgIpc) is 3.24. The van der Waals surface area contributed by atoms with E-state index in [0.717, 1.165) is 69.5 Å². The molecule has 2 N–H and O–H groups in total. The number of likely N-dealkylation sites (tertiary alicyclic amines) is 1. The molecule has 3 saturated carbocycles. The van der Waals surface area contributed by atoms with Crippen LogP contribution in [0.2, 0.25) is 0 Å². The Morgan fingerprint density at radius 2 is 1.55 bits per heavy atom. The SMILES string of the molecule is COc1ccc(C(=O)C2=C[C@@]34C=C[C@@]25[C@@H]2CC[C@@](O)(CN6CCCCCCC6)[C@@]2(C)CC[C@@H]5[C@@]3(C)CCC(O)C4)cc1. The van der Waals surface area contributed by atoms with Gasteiger partial charge in [0, 0.05) is 33.9 Å². The highest BCUT2D eigenvalue weighted by molar-refractivity contribution is 6.10. The Bertz CT molecular complexity index is 1280. The van der Waals surface area contributed by atoms with E-state index >= 15 is 0 Å². The van der Waals surface area contributed by atoms with Crippen molar-refractivity contribution in [3.8, 4) is 5.75 Å². The lowest BCUT2D eigenvalue weighted by molar-refractivity contribution is -0.176. The number of allylic oxidation sites excluding steroid dienone is 4. The maximum absolute atomic E-state index is 14.7. The summed E-state index contributed by atoms with van der Waals surface area (Å²) in [5.74, 6) is 1.39. The van der Waals surface area contributed by atoms with Gasteiger partial charge >= 0.3 is 0 Å². The molecule has 7 aliphatic rings. The van der Waals surface area contributed by atoms with Gasteiger partial charge < -0.3 is 19.8 Å². The molecular weight excluding hydrogens is 522 g/mol. The maximum Gasteiger partial charge on any atom is 0.189 e. The summed E-state index contributed by atoms with van der Waals surface area (Å²) < 4.78 is 5.40. The summed E-state index contributed by atoms with van der Waals surface area (Å²) in [6, 6.07) is 7.58. The summed E-state index contributed by atoms with van der Waals surface area (Å²) in [6.07, 6.45) is 19.4. The summed E-state index contributed by atoms with van der Waals surface area (Å²) in [5, 5.41) is 23.6. The first-order valence-electron chi connectivity index (χ1n) is 16.9. The Morgan fingerprint density at radius 1 is 0.905 bits per heavy atom. The minimum Gasteiger partial charge on any atom is -0.497 e. The lowest BCUT2D eigenvalue weighted by Crippen LogP contribution is -2.67. The number of carbonyl (C=O) groups excluding carboxylic acids is 1. The quantitative estimate of drug-likeness (QED) is 0.302. The first-order chi connectivity index (χ1) is 20.1. The fourth-order valence-electron chi connectivity index (χ4n) is 11.3. The number of methoxy groups -OCH3 is 1. The first-order valence-corrected chi connectivity index (χ1v) is 16.9. The number of fused-ring (bicyclic) bond motifs is 1. The number of carbonyl (C=O) groups is 1. The second kappa shape index (κ2) is 10.0. The van der Waals surface area contributed by atoms with Crippen molar-refractivity contribution < 1.29 is 19.7 Å². The molecule has 5 heteroatoms. The first kappa shape index (κ1) is 28.8. The smallest absolute Gasteiger partial charge is 0.189 e. The van der Waals surface area contributed by atoms with Gasteiger partial charge in [0.15, 0.2) is 5.78 Å². The lowest BCUT2D eigenvalue weighted by Gasteiger charge is -2.71. The summed E-state index contributed by atoms with van der Waals surface area (Å²) in [4.78, 5) is 17.2. The highest BCUT2D eigenvalue weighted by atomic mass is 16.5. The topological polar surface area (TPSA) is 70.0 Å². The summed E-state index contributed by atoms with van der Waals surface area (Å²) >= 11 is 0. The van der Waals surface area contributed by atoms with Crippen molar-refractivity contribution in [3.63, 3.8) is 0 Å². The third kappa shape index (κ3) is 3.88. The monoisotopic (exact) mass is 573 g/mol. The number of benzene rings is 1. The largest absolute Gasteiger partial charge is 0.497 e. The van der Waals surface area contributed by atoms with Gasteiger partial charge in [-0.05, 0) is 112 Å². The minimum absolute atomic E-state index is 0.00423. The third-order valence-corrected chi connectivity index (χ3v) is 13.7. The molecule has 0 amide bonds. The van der Waals surface area contributed by atoms with Gasteiger partial charge in [-0.3, -0.25) is 4.79 Å². The number of β-amino-alcohol motifs (C(OH)–C–C–N with tert-alkyl or cyclic N) is 1.